The molecule has 4 heterocycles. The highest BCUT2D eigenvalue weighted by Crippen LogP contribution is 2.45. The first kappa shape index (κ1) is 32.1. The smallest absolute Gasteiger partial charge is 0.143 e. The van der Waals surface area contributed by atoms with Crippen LogP contribution in [0.4, 0.5) is 0 Å². The van der Waals surface area contributed by atoms with Crippen LogP contribution in [0.3, 0.4) is 0 Å². The molecule has 0 bridgehead atoms. The summed E-state index contributed by atoms with van der Waals surface area (Å²) in [6.45, 7) is 0. The van der Waals surface area contributed by atoms with Crippen LogP contribution in [-0.4, -0.2) is 4.57 Å². The first-order chi connectivity index (χ1) is 28.7. The van der Waals surface area contributed by atoms with Gasteiger partial charge in [0.05, 0.1) is 11.0 Å². The van der Waals surface area contributed by atoms with E-state index in [9.17, 15) is 0 Å². The molecule has 0 spiro atoms. The SMILES string of the molecule is c1ccc2c(c1)oc1c(-c3ccc(-n4c5c(-c6ccc7sc8ccccc8c7c6)cccc5c5cccc(-c6ccc7sc8ccccc8c7c6)c54)cc3)cccc12. The van der Waals surface area contributed by atoms with Gasteiger partial charge in [-0.15, -0.1) is 22.7 Å². The van der Waals surface area contributed by atoms with Gasteiger partial charge in [-0.05, 0) is 71.3 Å². The molecule has 13 rings (SSSR count). The van der Waals surface area contributed by atoms with Crippen LogP contribution in [0.25, 0.3) is 123 Å². The van der Waals surface area contributed by atoms with Crippen LogP contribution in [0.1, 0.15) is 0 Å². The molecular formula is C54H31NOS2. The van der Waals surface area contributed by atoms with E-state index in [0.29, 0.717) is 0 Å². The predicted molar refractivity (Wildman–Crippen MR) is 250 cm³/mol. The van der Waals surface area contributed by atoms with E-state index >= 15 is 0 Å². The van der Waals surface area contributed by atoms with Crippen molar-refractivity contribution in [3.63, 3.8) is 0 Å². The zero-order valence-corrected chi connectivity index (χ0v) is 32.7. The molecule has 0 fully saturated rings. The number of aromatic nitrogens is 1. The summed E-state index contributed by atoms with van der Waals surface area (Å²) in [6.07, 6.45) is 0. The van der Waals surface area contributed by atoms with E-state index < -0.39 is 0 Å². The monoisotopic (exact) mass is 773 g/mol. The van der Waals surface area contributed by atoms with Gasteiger partial charge in [0.1, 0.15) is 11.2 Å². The average Bonchev–Trinajstić information content (AvgIpc) is 4.05. The molecule has 0 aliphatic carbocycles. The van der Waals surface area contributed by atoms with E-state index in [2.05, 4.69) is 187 Å². The third-order valence-electron chi connectivity index (χ3n) is 12.0. The lowest BCUT2D eigenvalue weighted by atomic mass is 9.98. The summed E-state index contributed by atoms with van der Waals surface area (Å²) in [4.78, 5) is 0. The third kappa shape index (κ3) is 4.64. The van der Waals surface area contributed by atoms with Gasteiger partial charge in [0.2, 0.25) is 0 Å². The van der Waals surface area contributed by atoms with Crippen LogP contribution in [-0.2, 0) is 0 Å². The van der Waals surface area contributed by atoms with Gasteiger partial charge in [-0.1, -0.05) is 133 Å². The van der Waals surface area contributed by atoms with Crippen molar-refractivity contribution in [3.05, 3.63) is 188 Å². The molecule has 2 nitrogen and oxygen atoms in total. The highest BCUT2D eigenvalue weighted by Gasteiger charge is 2.21. The Bertz CT molecular complexity index is 3630. The fourth-order valence-electron chi connectivity index (χ4n) is 9.39. The maximum absolute atomic E-state index is 6.48. The molecule has 4 heteroatoms. The number of thiophene rings is 2. The van der Waals surface area contributed by atoms with Crippen LogP contribution < -0.4 is 0 Å². The number of furan rings is 1. The Labute approximate surface area is 341 Å². The minimum Gasteiger partial charge on any atom is -0.455 e. The lowest BCUT2D eigenvalue weighted by Gasteiger charge is -2.15. The van der Waals surface area contributed by atoms with Gasteiger partial charge in [0.15, 0.2) is 0 Å². The lowest BCUT2D eigenvalue weighted by Crippen LogP contribution is -1.97. The van der Waals surface area contributed by atoms with Gasteiger partial charge in [-0.25, -0.2) is 0 Å². The number of fused-ring (bicyclic) bond motifs is 12. The highest BCUT2D eigenvalue weighted by atomic mass is 32.1. The number of benzene rings is 9. The van der Waals surface area contributed by atoms with Crippen molar-refractivity contribution in [1.29, 1.82) is 0 Å². The maximum atomic E-state index is 6.48. The van der Waals surface area contributed by atoms with E-state index in [1.54, 1.807) is 0 Å². The van der Waals surface area contributed by atoms with Gasteiger partial charge in [0.25, 0.3) is 0 Å². The van der Waals surface area contributed by atoms with Gasteiger partial charge >= 0.3 is 0 Å². The van der Waals surface area contributed by atoms with Crippen molar-refractivity contribution in [3.8, 4) is 39.1 Å². The van der Waals surface area contributed by atoms with Crippen molar-refractivity contribution in [2.24, 2.45) is 0 Å². The fourth-order valence-corrected chi connectivity index (χ4v) is 11.6. The summed E-state index contributed by atoms with van der Waals surface area (Å²) >= 11 is 3.73. The van der Waals surface area contributed by atoms with Gasteiger partial charge in [-0.2, -0.15) is 0 Å². The Hall–Kier alpha value is -6.98. The molecule has 0 unspecified atom stereocenters. The Morgan fingerprint density at radius 1 is 0.328 bits per heavy atom. The quantitative estimate of drug-likeness (QED) is 0.174. The Morgan fingerprint density at radius 3 is 1.40 bits per heavy atom. The Kier molecular flexibility index (Phi) is 6.79. The zero-order valence-electron chi connectivity index (χ0n) is 31.1. The zero-order chi connectivity index (χ0) is 37.9. The molecule has 0 saturated heterocycles. The summed E-state index contributed by atoms with van der Waals surface area (Å²) in [5.74, 6) is 0. The second-order valence-electron chi connectivity index (χ2n) is 15.2. The fraction of sp³-hybridized carbons (Fsp3) is 0. The van der Waals surface area contributed by atoms with E-state index in [4.69, 9.17) is 4.42 Å². The summed E-state index contributed by atoms with van der Waals surface area (Å²) < 4.78 is 14.3. The minimum atomic E-state index is 0.911. The number of para-hydroxylation sites is 4. The molecule has 4 aromatic heterocycles. The van der Waals surface area contributed by atoms with Crippen LogP contribution in [0.5, 0.6) is 0 Å². The normalized spacial score (nSPS) is 12.1. The Balaban J connectivity index is 1.08. The van der Waals surface area contributed by atoms with Gasteiger partial charge in [0, 0.05) is 84.3 Å². The van der Waals surface area contributed by atoms with Gasteiger partial charge in [-0.3, -0.25) is 0 Å². The number of hydrogen-bond donors (Lipinski definition) is 0. The lowest BCUT2D eigenvalue weighted by molar-refractivity contribution is 0.670. The molecule has 0 aliphatic heterocycles. The summed E-state index contributed by atoms with van der Waals surface area (Å²) in [5, 5.41) is 9.99. The molecule has 13 aromatic rings. The minimum absolute atomic E-state index is 0.911. The number of nitrogens with zero attached hydrogens (tertiary/aromatic N) is 1. The van der Waals surface area contributed by atoms with Crippen LogP contribution in [0.15, 0.2) is 192 Å². The standard InChI is InChI=1S/C54H31NOS2/c1-4-19-47-39(10-1)44-18-9-15-38(54(44)56-47)32-22-26-35(27-23-32)55-52-36(33-24-28-50-45(30-33)40-11-2-5-20-48(40)57-50)13-7-16-42(52)43-17-8-14-37(53(43)55)34-25-29-51-46(31-34)41-12-3-6-21-49(41)58-51/h1-31H. The average molecular weight is 774 g/mol. The molecule has 0 atom stereocenters. The molecule has 270 valence electrons. The number of rotatable bonds is 4. The predicted octanol–water partition coefficient (Wildman–Crippen LogP) is 16.4. The maximum Gasteiger partial charge on any atom is 0.143 e. The molecule has 0 amide bonds. The topological polar surface area (TPSA) is 18.1 Å². The first-order valence-electron chi connectivity index (χ1n) is 19.7. The van der Waals surface area contributed by atoms with Crippen molar-refractivity contribution >= 4 is 107 Å². The molecule has 0 aliphatic rings. The summed E-state index contributed by atoms with van der Waals surface area (Å²) in [5.41, 5.74) is 12.4. The summed E-state index contributed by atoms with van der Waals surface area (Å²) in [6, 6.07) is 69.1. The molecule has 0 N–H and O–H groups in total. The van der Waals surface area contributed by atoms with E-state index in [-0.39, 0.29) is 0 Å². The third-order valence-corrected chi connectivity index (χ3v) is 14.3. The molecule has 58 heavy (non-hydrogen) atoms. The number of hydrogen-bond acceptors (Lipinski definition) is 3. The van der Waals surface area contributed by atoms with Crippen molar-refractivity contribution in [1.82, 2.24) is 4.57 Å². The summed E-state index contributed by atoms with van der Waals surface area (Å²) in [7, 11) is 0. The van der Waals surface area contributed by atoms with E-state index in [0.717, 1.165) is 38.8 Å². The Morgan fingerprint density at radius 2 is 0.793 bits per heavy atom. The van der Waals surface area contributed by atoms with Crippen molar-refractivity contribution in [2.75, 3.05) is 0 Å². The second kappa shape index (κ2) is 12.3. The molecule has 0 radical (unpaired) electrons. The van der Waals surface area contributed by atoms with Gasteiger partial charge < -0.3 is 8.98 Å². The van der Waals surface area contributed by atoms with Crippen LogP contribution >= 0.6 is 22.7 Å². The largest absolute Gasteiger partial charge is 0.455 e. The van der Waals surface area contributed by atoms with Crippen molar-refractivity contribution < 1.29 is 4.42 Å². The van der Waals surface area contributed by atoms with Crippen molar-refractivity contribution in [2.45, 2.75) is 0 Å². The highest BCUT2D eigenvalue weighted by molar-refractivity contribution is 7.26. The molecular weight excluding hydrogens is 743 g/mol. The van der Waals surface area contributed by atoms with Crippen LogP contribution in [0, 0.1) is 0 Å². The van der Waals surface area contributed by atoms with E-state index in [1.807, 2.05) is 28.7 Å². The molecule has 0 saturated carbocycles. The van der Waals surface area contributed by atoms with Crippen LogP contribution in [0.2, 0.25) is 0 Å². The molecule has 9 aromatic carbocycles. The van der Waals surface area contributed by atoms with E-state index in [1.165, 1.54) is 84.4 Å². The first-order valence-corrected chi connectivity index (χ1v) is 21.3. The second-order valence-corrected chi connectivity index (χ2v) is 17.4.